The summed E-state index contributed by atoms with van der Waals surface area (Å²) >= 11 is 7.37. The summed E-state index contributed by atoms with van der Waals surface area (Å²) in [5, 5.41) is 13.1. The molecule has 0 aliphatic carbocycles. The van der Waals surface area contributed by atoms with Gasteiger partial charge in [0.15, 0.2) is 6.61 Å². The first-order valence-corrected chi connectivity index (χ1v) is 8.56. The maximum Gasteiger partial charge on any atom is 0.340 e. The summed E-state index contributed by atoms with van der Waals surface area (Å²) in [7, 11) is 0. The Bertz CT molecular complexity index is 828. The van der Waals surface area contributed by atoms with Crippen LogP contribution in [-0.4, -0.2) is 29.7 Å². The summed E-state index contributed by atoms with van der Waals surface area (Å²) in [6.07, 6.45) is 1.91. The third-order valence-electron chi connectivity index (χ3n) is 3.07. The van der Waals surface area contributed by atoms with E-state index in [0.717, 1.165) is 17.0 Å². The zero-order chi connectivity index (χ0) is 18.4. The van der Waals surface area contributed by atoms with Crippen LogP contribution in [0.25, 0.3) is 0 Å². The number of ether oxygens (including phenoxy) is 1. The number of anilines is 1. The highest BCUT2D eigenvalue weighted by Gasteiger charge is 2.17. The maximum absolute atomic E-state index is 11.9. The predicted molar refractivity (Wildman–Crippen MR) is 95.2 cm³/mol. The van der Waals surface area contributed by atoms with Crippen molar-refractivity contribution >= 4 is 46.6 Å². The first-order chi connectivity index (χ1) is 11.9. The van der Waals surface area contributed by atoms with E-state index in [0.29, 0.717) is 5.69 Å². The van der Waals surface area contributed by atoms with Crippen LogP contribution >= 0.6 is 23.4 Å². The molecular formula is C16H13ClN2O5S. The average Bonchev–Trinajstić information content (AvgIpc) is 2.59. The van der Waals surface area contributed by atoms with E-state index in [1.807, 2.05) is 12.3 Å². The lowest BCUT2D eigenvalue weighted by atomic mass is 10.2. The van der Waals surface area contributed by atoms with E-state index in [4.69, 9.17) is 16.3 Å². The molecule has 0 aliphatic rings. The number of nitro groups is 1. The van der Waals surface area contributed by atoms with Crippen molar-refractivity contribution in [3.05, 3.63) is 63.2 Å². The Hall–Kier alpha value is -2.58. The second kappa shape index (κ2) is 8.50. The Morgan fingerprint density at radius 1 is 1.28 bits per heavy atom. The smallest absolute Gasteiger partial charge is 0.340 e. The Balaban J connectivity index is 1.95. The molecule has 2 aromatic rings. The van der Waals surface area contributed by atoms with Crippen LogP contribution in [0, 0.1) is 10.1 Å². The topological polar surface area (TPSA) is 98.5 Å². The van der Waals surface area contributed by atoms with E-state index in [1.165, 1.54) is 17.8 Å². The third-order valence-corrected chi connectivity index (χ3v) is 4.11. The number of nitrogens with one attached hydrogen (secondary N) is 1. The van der Waals surface area contributed by atoms with Gasteiger partial charge in [-0.25, -0.2) is 4.79 Å². The number of benzene rings is 2. The van der Waals surface area contributed by atoms with Gasteiger partial charge in [-0.1, -0.05) is 17.7 Å². The van der Waals surface area contributed by atoms with Crippen LogP contribution in [0.2, 0.25) is 5.02 Å². The predicted octanol–water partition coefficient (Wildman–Crippen LogP) is 3.77. The van der Waals surface area contributed by atoms with Gasteiger partial charge in [-0.05, 0) is 30.5 Å². The molecule has 25 heavy (non-hydrogen) atoms. The van der Waals surface area contributed by atoms with Crippen LogP contribution in [0.3, 0.4) is 0 Å². The molecule has 0 unspecified atom stereocenters. The first kappa shape index (κ1) is 18.8. The van der Waals surface area contributed by atoms with Gasteiger partial charge in [0.25, 0.3) is 11.6 Å². The van der Waals surface area contributed by atoms with E-state index >= 15 is 0 Å². The molecule has 0 aliphatic heterocycles. The van der Waals surface area contributed by atoms with Gasteiger partial charge in [0, 0.05) is 22.7 Å². The SMILES string of the molecule is CSc1cccc(NC(=O)COC(=O)c2ccc([N+](=O)[O-])cc2Cl)c1. The number of nitrogens with zero attached hydrogens (tertiary/aromatic N) is 1. The molecule has 0 spiro atoms. The van der Waals surface area contributed by atoms with Crippen LogP contribution < -0.4 is 5.32 Å². The number of amides is 1. The van der Waals surface area contributed by atoms with Crippen LogP contribution in [0.5, 0.6) is 0 Å². The number of halogens is 1. The van der Waals surface area contributed by atoms with E-state index in [2.05, 4.69) is 5.32 Å². The van der Waals surface area contributed by atoms with E-state index in [9.17, 15) is 19.7 Å². The van der Waals surface area contributed by atoms with Crippen molar-refractivity contribution in [2.24, 2.45) is 0 Å². The normalized spacial score (nSPS) is 10.2. The van der Waals surface area contributed by atoms with Crippen molar-refractivity contribution < 1.29 is 19.2 Å². The quantitative estimate of drug-likeness (QED) is 0.354. The Morgan fingerprint density at radius 3 is 2.68 bits per heavy atom. The molecule has 130 valence electrons. The standard InChI is InChI=1S/C16H13ClN2O5S/c1-25-12-4-2-3-10(7-12)18-15(20)9-24-16(21)13-6-5-11(19(22)23)8-14(13)17/h2-8H,9H2,1H3,(H,18,20). The Labute approximate surface area is 152 Å². The molecule has 0 saturated carbocycles. The summed E-state index contributed by atoms with van der Waals surface area (Å²) in [6, 6.07) is 10.6. The number of rotatable bonds is 6. The van der Waals surface area contributed by atoms with Crippen molar-refractivity contribution in [1.29, 1.82) is 0 Å². The highest BCUT2D eigenvalue weighted by molar-refractivity contribution is 7.98. The molecule has 1 amide bonds. The number of hydrogen-bond donors (Lipinski definition) is 1. The molecule has 1 N–H and O–H groups in total. The van der Waals surface area contributed by atoms with Crippen molar-refractivity contribution in [3.63, 3.8) is 0 Å². The minimum Gasteiger partial charge on any atom is -0.452 e. The number of hydrogen-bond acceptors (Lipinski definition) is 6. The van der Waals surface area contributed by atoms with Crippen LogP contribution in [0.1, 0.15) is 10.4 Å². The maximum atomic E-state index is 11.9. The molecule has 0 atom stereocenters. The summed E-state index contributed by atoms with van der Waals surface area (Å²) in [5.41, 5.74) is 0.290. The molecule has 2 aromatic carbocycles. The van der Waals surface area contributed by atoms with Crippen molar-refractivity contribution in [2.75, 3.05) is 18.2 Å². The molecule has 0 aromatic heterocycles. The van der Waals surface area contributed by atoms with Crippen LogP contribution in [0.15, 0.2) is 47.4 Å². The Kier molecular flexibility index (Phi) is 6.37. The largest absolute Gasteiger partial charge is 0.452 e. The summed E-state index contributed by atoms with van der Waals surface area (Å²) < 4.78 is 4.89. The minimum absolute atomic E-state index is 0.0514. The number of esters is 1. The van der Waals surface area contributed by atoms with Gasteiger partial charge in [-0.15, -0.1) is 11.8 Å². The van der Waals surface area contributed by atoms with Crippen molar-refractivity contribution in [3.8, 4) is 0 Å². The zero-order valence-electron chi connectivity index (χ0n) is 13.0. The molecule has 0 saturated heterocycles. The number of non-ortho nitro benzene ring substituents is 1. The van der Waals surface area contributed by atoms with Crippen LogP contribution in [-0.2, 0) is 9.53 Å². The fraction of sp³-hybridized carbons (Fsp3) is 0.125. The van der Waals surface area contributed by atoms with Gasteiger partial charge < -0.3 is 10.1 Å². The van der Waals surface area contributed by atoms with Crippen molar-refractivity contribution in [2.45, 2.75) is 4.90 Å². The number of carbonyl (C=O) groups excluding carboxylic acids is 2. The lowest BCUT2D eigenvalue weighted by Crippen LogP contribution is -2.21. The molecule has 0 heterocycles. The highest BCUT2D eigenvalue weighted by atomic mass is 35.5. The third kappa shape index (κ3) is 5.20. The molecule has 0 bridgehead atoms. The van der Waals surface area contributed by atoms with E-state index < -0.39 is 23.4 Å². The average molecular weight is 381 g/mol. The number of carbonyl (C=O) groups is 2. The second-order valence-corrected chi connectivity index (χ2v) is 6.06. The van der Waals surface area contributed by atoms with Gasteiger partial charge in [0.2, 0.25) is 0 Å². The summed E-state index contributed by atoms with van der Waals surface area (Å²) in [6.45, 7) is -0.504. The van der Waals surface area contributed by atoms with Gasteiger partial charge in [0.05, 0.1) is 15.5 Å². The number of nitro benzene ring substituents is 1. The lowest BCUT2D eigenvalue weighted by Gasteiger charge is -2.08. The molecule has 0 radical (unpaired) electrons. The van der Waals surface area contributed by atoms with E-state index in [-0.39, 0.29) is 16.3 Å². The highest BCUT2D eigenvalue weighted by Crippen LogP contribution is 2.23. The molecule has 0 fully saturated rings. The molecular weight excluding hydrogens is 368 g/mol. The van der Waals surface area contributed by atoms with Crippen LogP contribution in [0.4, 0.5) is 11.4 Å². The minimum atomic E-state index is -0.840. The fourth-order valence-corrected chi connectivity index (χ4v) is 2.60. The molecule has 9 heteroatoms. The molecule has 7 nitrogen and oxygen atoms in total. The van der Waals surface area contributed by atoms with Gasteiger partial charge in [-0.3, -0.25) is 14.9 Å². The summed E-state index contributed by atoms with van der Waals surface area (Å²) in [5.74, 6) is -1.35. The monoisotopic (exact) mass is 380 g/mol. The fourth-order valence-electron chi connectivity index (χ4n) is 1.89. The summed E-state index contributed by atoms with van der Waals surface area (Å²) in [4.78, 5) is 34.8. The van der Waals surface area contributed by atoms with Gasteiger partial charge in [-0.2, -0.15) is 0 Å². The Morgan fingerprint density at radius 2 is 2.04 bits per heavy atom. The zero-order valence-corrected chi connectivity index (χ0v) is 14.6. The van der Waals surface area contributed by atoms with E-state index in [1.54, 1.807) is 18.2 Å². The van der Waals surface area contributed by atoms with Crippen molar-refractivity contribution in [1.82, 2.24) is 0 Å². The number of thioether (sulfide) groups is 1. The van der Waals surface area contributed by atoms with Gasteiger partial charge >= 0.3 is 5.97 Å². The van der Waals surface area contributed by atoms with Gasteiger partial charge in [0.1, 0.15) is 0 Å². The first-order valence-electron chi connectivity index (χ1n) is 6.95. The molecule has 2 rings (SSSR count). The lowest BCUT2D eigenvalue weighted by molar-refractivity contribution is -0.384. The second-order valence-electron chi connectivity index (χ2n) is 4.78.